The normalized spacial score (nSPS) is 22.5. The van der Waals surface area contributed by atoms with E-state index in [1.807, 2.05) is 44.2 Å². The largest absolute Gasteiger partial charge is 0.478 e. The SMILES string of the molecule is CC1(C)OCC(C(/C=C\C(=O)O)OCc2ccccc2)O1. The Morgan fingerprint density at radius 1 is 1.48 bits per heavy atom. The van der Waals surface area contributed by atoms with Gasteiger partial charge >= 0.3 is 5.97 Å². The molecule has 0 aromatic heterocycles. The minimum atomic E-state index is -1.01. The Bertz CT molecular complexity index is 495. The molecule has 1 fully saturated rings. The fourth-order valence-electron chi connectivity index (χ4n) is 2.11. The van der Waals surface area contributed by atoms with Crippen molar-refractivity contribution in [2.24, 2.45) is 0 Å². The van der Waals surface area contributed by atoms with Crippen molar-refractivity contribution in [3.05, 3.63) is 48.0 Å². The summed E-state index contributed by atoms with van der Waals surface area (Å²) >= 11 is 0. The molecule has 114 valence electrons. The van der Waals surface area contributed by atoms with E-state index in [1.165, 1.54) is 6.08 Å². The molecule has 0 radical (unpaired) electrons. The van der Waals surface area contributed by atoms with Crippen molar-refractivity contribution in [2.45, 2.75) is 38.4 Å². The number of aliphatic carboxylic acids is 1. The summed E-state index contributed by atoms with van der Waals surface area (Å²) in [6.45, 7) is 4.40. The van der Waals surface area contributed by atoms with Gasteiger partial charge in [0.2, 0.25) is 0 Å². The molecule has 21 heavy (non-hydrogen) atoms. The molecule has 1 aromatic rings. The smallest absolute Gasteiger partial charge is 0.328 e. The van der Waals surface area contributed by atoms with Crippen molar-refractivity contribution in [1.29, 1.82) is 0 Å². The summed E-state index contributed by atoms with van der Waals surface area (Å²) < 4.78 is 17.1. The van der Waals surface area contributed by atoms with Crippen molar-refractivity contribution in [3.63, 3.8) is 0 Å². The van der Waals surface area contributed by atoms with Crippen LogP contribution in [0.15, 0.2) is 42.5 Å². The second-order valence-corrected chi connectivity index (χ2v) is 5.33. The highest BCUT2D eigenvalue weighted by Crippen LogP contribution is 2.26. The van der Waals surface area contributed by atoms with Gasteiger partial charge in [0.1, 0.15) is 12.2 Å². The Morgan fingerprint density at radius 3 is 2.76 bits per heavy atom. The van der Waals surface area contributed by atoms with E-state index in [-0.39, 0.29) is 6.10 Å². The molecule has 5 nitrogen and oxygen atoms in total. The molecule has 1 N–H and O–H groups in total. The van der Waals surface area contributed by atoms with Gasteiger partial charge in [-0.15, -0.1) is 0 Å². The molecule has 1 aliphatic heterocycles. The van der Waals surface area contributed by atoms with E-state index in [4.69, 9.17) is 19.3 Å². The van der Waals surface area contributed by atoms with Gasteiger partial charge in [0, 0.05) is 6.08 Å². The van der Waals surface area contributed by atoms with E-state index < -0.39 is 17.9 Å². The minimum Gasteiger partial charge on any atom is -0.478 e. The molecule has 0 amide bonds. The number of hydrogen-bond acceptors (Lipinski definition) is 4. The first-order valence-corrected chi connectivity index (χ1v) is 6.85. The van der Waals surface area contributed by atoms with Gasteiger partial charge in [-0.1, -0.05) is 30.3 Å². The Labute approximate surface area is 124 Å². The molecule has 2 atom stereocenters. The van der Waals surface area contributed by atoms with Crippen LogP contribution in [-0.2, 0) is 25.6 Å². The van der Waals surface area contributed by atoms with Crippen LogP contribution in [-0.4, -0.2) is 35.7 Å². The van der Waals surface area contributed by atoms with Crippen LogP contribution in [0.25, 0.3) is 0 Å². The summed E-state index contributed by atoms with van der Waals surface area (Å²) in [6.07, 6.45) is 1.78. The molecule has 1 saturated heterocycles. The van der Waals surface area contributed by atoms with Crippen LogP contribution >= 0.6 is 0 Å². The second kappa shape index (κ2) is 6.85. The van der Waals surface area contributed by atoms with E-state index in [1.54, 1.807) is 0 Å². The Balaban J connectivity index is 2.00. The third-order valence-corrected chi connectivity index (χ3v) is 3.11. The lowest BCUT2D eigenvalue weighted by Gasteiger charge is -2.22. The zero-order chi connectivity index (χ0) is 15.3. The molecule has 0 aliphatic carbocycles. The molecule has 2 rings (SSSR count). The van der Waals surface area contributed by atoms with Gasteiger partial charge in [-0.2, -0.15) is 0 Å². The molecule has 1 aromatic carbocycles. The Morgan fingerprint density at radius 2 is 2.19 bits per heavy atom. The fourth-order valence-corrected chi connectivity index (χ4v) is 2.11. The van der Waals surface area contributed by atoms with Gasteiger partial charge in [-0.05, 0) is 25.5 Å². The summed E-state index contributed by atoms with van der Waals surface area (Å²) in [5, 5.41) is 8.78. The Kier molecular flexibility index (Phi) is 5.12. The first kappa shape index (κ1) is 15.7. The van der Waals surface area contributed by atoms with E-state index in [9.17, 15) is 4.79 Å². The standard InChI is InChI=1S/C16H20O5/c1-16(2)20-11-14(21-16)13(8-9-15(17)18)19-10-12-6-4-3-5-7-12/h3-9,13-14H,10-11H2,1-2H3,(H,17,18)/b9-8-. The van der Waals surface area contributed by atoms with Gasteiger partial charge in [-0.25, -0.2) is 4.79 Å². The molecule has 1 aliphatic rings. The van der Waals surface area contributed by atoms with Crippen LogP contribution < -0.4 is 0 Å². The molecular formula is C16H20O5. The third-order valence-electron chi connectivity index (χ3n) is 3.11. The first-order chi connectivity index (χ1) is 9.96. The number of ether oxygens (including phenoxy) is 3. The van der Waals surface area contributed by atoms with Crippen molar-refractivity contribution >= 4 is 5.97 Å². The van der Waals surface area contributed by atoms with Crippen molar-refractivity contribution in [1.82, 2.24) is 0 Å². The summed E-state index contributed by atoms with van der Waals surface area (Å²) in [4.78, 5) is 10.7. The van der Waals surface area contributed by atoms with E-state index in [0.717, 1.165) is 11.6 Å². The molecule has 0 saturated carbocycles. The van der Waals surface area contributed by atoms with Crippen LogP contribution in [0.1, 0.15) is 19.4 Å². The molecule has 0 bridgehead atoms. The molecular weight excluding hydrogens is 272 g/mol. The zero-order valence-electron chi connectivity index (χ0n) is 12.2. The molecule has 5 heteroatoms. The zero-order valence-corrected chi connectivity index (χ0v) is 12.2. The van der Waals surface area contributed by atoms with E-state index >= 15 is 0 Å². The van der Waals surface area contributed by atoms with Crippen LogP contribution in [0.3, 0.4) is 0 Å². The van der Waals surface area contributed by atoms with Crippen molar-refractivity contribution in [3.8, 4) is 0 Å². The lowest BCUT2D eigenvalue weighted by molar-refractivity contribution is -0.152. The van der Waals surface area contributed by atoms with Crippen molar-refractivity contribution in [2.75, 3.05) is 6.61 Å². The van der Waals surface area contributed by atoms with E-state index in [2.05, 4.69) is 0 Å². The maximum absolute atomic E-state index is 10.7. The van der Waals surface area contributed by atoms with Crippen LogP contribution in [0.2, 0.25) is 0 Å². The quantitative estimate of drug-likeness (QED) is 0.815. The highest BCUT2D eigenvalue weighted by Gasteiger charge is 2.37. The number of carboxylic acids is 1. The first-order valence-electron chi connectivity index (χ1n) is 6.85. The van der Waals surface area contributed by atoms with Gasteiger partial charge in [0.15, 0.2) is 5.79 Å². The summed E-state index contributed by atoms with van der Waals surface area (Å²) in [6, 6.07) is 9.70. The second-order valence-electron chi connectivity index (χ2n) is 5.33. The monoisotopic (exact) mass is 292 g/mol. The molecule has 2 unspecified atom stereocenters. The van der Waals surface area contributed by atoms with Crippen LogP contribution in [0.5, 0.6) is 0 Å². The highest BCUT2D eigenvalue weighted by molar-refractivity contribution is 5.79. The number of hydrogen-bond donors (Lipinski definition) is 1. The number of carboxylic acid groups (broad SMARTS) is 1. The number of rotatable bonds is 6. The van der Waals surface area contributed by atoms with E-state index in [0.29, 0.717) is 13.2 Å². The maximum Gasteiger partial charge on any atom is 0.328 e. The van der Waals surface area contributed by atoms with Gasteiger partial charge < -0.3 is 19.3 Å². The predicted molar refractivity (Wildman–Crippen MR) is 76.7 cm³/mol. The van der Waals surface area contributed by atoms with Gasteiger partial charge in [0.25, 0.3) is 0 Å². The molecule has 0 spiro atoms. The third kappa shape index (κ3) is 4.97. The van der Waals surface area contributed by atoms with Crippen molar-refractivity contribution < 1.29 is 24.1 Å². The number of benzene rings is 1. The van der Waals surface area contributed by atoms with Crippen LogP contribution in [0, 0.1) is 0 Å². The fraction of sp³-hybridized carbons (Fsp3) is 0.438. The lowest BCUT2D eigenvalue weighted by Crippen LogP contribution is -2.31. The van der Waals surface area contributed by atoms with Gasteiger partial charge in [-0.3, -0.25) is 0 Å². The average Bonchev–Trinajstić information content (AvgIpc) is 2.80. The highest BCUT2D eigenvalue weighted by atomic mass is 16.7. The maximum atomic E-state index is 10.7. The molecule has 1 heterocycles. The topological polar surface area (TPSA) is 65.0 Å². The lowest BCUT2D eigenvalue weighted by atomic mass is 10.2. The number of carbonyl (C=O) groups is 1. The average molecular weight is 292 g/mol. The summed E-state index contributed by atoms with van der Waals surface area (Å²) in [7, 11) is 0. The van der Waals surface area contributed by atoms with Gasteiger partial charge in [0.05, 0.1) is 13.2 Å². The predicted octanol–water partition coefficient (Wildman–Crippen LogP) is 2.36. The summed E-state index contributed by atoms with van der Waals surface area (Å²) in [5.41, 5.74) is 1.02. The minimum absolute atomic E-state index is 0.320. The Hall–Kier alpha value is -1.69. The summed E-state index contributed by atoms with van der Waals surface area (Å²) in [5.74, 6) is -1.68. The van der Waals surface area contributed by atoms with Crippen LogP contribution in [0.4, 0.5) is 0 Å².